The minimum atomic E-state index is -0.329. The van der Waals surface area contributed by atoms with Crippen LogP contribution >= 0.6 is 0 Å². The summed E-state index contributed by atoms with van der Waals surface area (Å²) >= 11 is 0. The molecule has 1 unspecified atom stereocenters. The summed E-state index contributed by atoms with van der Waals surface area (Å²) in [4.78, 5) is 38.2. The number of nitrogens with zero attached hydrogens (tertiary/aromatic N) is 1. The summed E-state index contributed by atoms with van der Waals surface area (Å²) in [7, 11) is 0. The van der Waals surface area contributed by atoms with Crippen LogP contribution in [0.3, 0.4) is 0 Å². The second-order valence-corrected chi connectivity index (χ2v) is 8.60. The van der Waals surface area contributed by atoms with Crippen molar-refractivity contribution in [1.82, 2.24) is 10.2 Å². The predicted molar refractivity (Wildman–Crippen MR) is 118 cm³/mol. The molecular weight excluding hydrogens is 378 g/mol. The van der Waals surface area contributed by atoms with E-state index in [1.165, 1.54) is 58.2 Å². The molecule has 2 aliphatic heterocycles. The van der Waals surface area contributed by atoms with Gasteiger partial charge in [0.1, 0.15) is 0 Å². The van der Waals surface area contributed by atoms with Crippen LogP contribution in [-0.2, 0) is 14.4 Å². The van der Waals surface area contributed by atoms with Crippen LogP contribution in [0.25, 0.3) is 0 Å². The Morgan fingerprint density at radius 2 is 1.80 bits per heavy atom. The molecule has 2 fully saturated rings. The fraction of sp³-hybridized carbons (Fsp3) is 0.625. The van der Waals surface area contributed by atoms with Gasteiger partial charge < -0.3 is 10.2 Å². The highest BCUT2D eigenvalue weighted by Crippen LogP contribution is 2.26. The van der Waals surface area contributed by atoms with E-state index in [0.29, 0.717) is 24.9 Å². The summed E-state index contributed by atoms with van der Waals surface area (Å²) < 4.78 is 0. The molecule has 3 amide bonds. The lowest BCUT2D eigenvalue weighted by molar-refractivity contribution is -0.134. The van der Waals surface area contributed by atoms with Gasteiger partial charge in [-0.3, -0.25) is 19.7 Å². The number of carbonyl (C=O) groups is 3. The second-order valence-electron chi connectivity index (χ2n) is 8.60. The first kappa shape index (κ1) is 22.5. The normalized spacial score (nSPS) is 20.1. The Morgan fingerprint density at radius 3 is 2.60 bits per heavy atom. The van der Waals surface area contributed by atoms with Crippen molar-refractivity contribution >= 4 is 23.4 Å². The quantitative estimate of drug-likeness (QED) is 0.449. The van der Waals surface area contributed by atoms with Crippen LogP contribution in [0.4, 0.5) is 5.69 Å². The van der Waals surface area contributed by atoms with Gasteiger partial charge in [0.25, 0.3) is 0 Å². The number of benzene rings is 1. The molecule has 6 heteroatoms. The summed E-state index contributed by atoms with van der Waals surface area (Å²) in [5.41, 5.74) is 1.55. The monoisotopic (exact) mass is 413 g/mol. The van der Waals surface area contributed by atoms with Crippen LogP contribution < -0.4 is 10.6 Å². The van der Waals surface area contributed by atoms with Gasteiger partial charge >= 0.3 is 0 Å². The number of imide groups is 1. The molecule has 2 aliphatic rings. The number of likely N-dealkylation sites (tertiary alicyclic amines) is 1. The number of unbranched alkanes of at least 4 members (excludes halogenated alkanes) is 4. The molecule has 30 heavy (non-hydrogen) atoms. The van der Waals surface area contributed by atoms with E-state index in [9.17, 15) is 14.4 Å². The number of piperidine rings is 2. The third-order valence-corrected chi connectivity index (χ3v) is 6.14. The maximum Gasteiger partial charge on any atom is 0.234 e. The van der Waals surface area contributed by atoms with E-state index >= 15 is 0 Å². The van der Waals surface area contributed by atoms with Crippen LogP contribution in [0.2, 0.25) is 0 Å². The number of nitrogens with one attached hydrogen (secondary N) is 2. The lowest BCUT2D eigenvalue weighted by Crippen LogP contribution is -2.39. The lowest BCUT2D eigenvalue weighted by atomic mass is 9.90. The van der Waals surface area contributed by atoms with Crippen molar-refractivity contribution in [2.45, 2.75) is 76.5 Å². The van der Waals surface area contributed by atoms with E-state index < -0.39 is 0 Å². The van der Waals surface area contributed by atoms with Crippen molar-refractivity contribution in [3.63, 3.8) is 0 Å². The van der Waals surface area contributed by atoms with Crippen LogP contribution in [0.5, 0.6) is 0 Å². The number of carbonyl (C=O) groups excluding carboxylic acids is 3. The summed E-state index contributed by atoms with van der Waals surface area (Å²) in [6.45, 7) is 3.76. The van der Waals surface area contributed by atoms with Crippen LogP contribution in [0, 0.1) is 0 Å². The maximum atomic E-state index is 12.3. The molecule has 164 valence electrons. The fourth-order valence-corrected chi connectivity index (χ4v) is 4.40. The van der Waals surface area contributed by atoms with Crippen molar-refractivity contribution < 1.29 is 14.4 Å². The second kappa shape index (κ2) is 11.8. The van der Waals surface area contributed by atoms with Gasteiger partial charge in [0.05, 0.1) is 5.92 Å². The summed E-state index contributed by atoms with van der Waals surface area (Å²) in [5.74, 6) is -0.782. The minimum absolute atomic E-state index is 0.0174. The highest BCUT2D eigenvalue weighted by atomic mass is 16.2. The predicted octanol–water partition coefficient (Wildman–Crippen LogP) is 3.97. The standard InChI is InChI=1S/C24H35N3O3/c28-22(12-5-2-1-3-6-15-27-16-7-4-8-17-27)25-20-11-9-10-19(18-20)21-13-14-23(29)26-24(21)30/h9-11,18,21H,1-8,12-17H2,(H,25,28)(H,26,29,30). The molecule has 1 aromatic carbocycles. The zero-order valence-corrected chi connectivity index (χ0v) is 18.0. The summed E-state index contributed by atoms with van der Waals surface area (Å²) in [5, 5.41) is 5.33. The van der Waals surface area contributed by atoms with Gasteiger partial charge in [-0.1, -0.05) is 37.8 Å². The van der Waals surface area contributed by atoms with E-state index in [0.717, 1.165) is 18.4 Å². The van der Waals surface area contributed by atoms with Gasteiger partial charge in [-0.15, -0.1) is 0 Å². The highest BCUT2D eigenvalue weighted by Gasteiger charge is 2.28. The van der Waals surface area contributed by atoms with Gasteiger partial charge in [-0.05, 0) is 69.4 Å². The van der Waals surface area contributed by atoms with E-state index in [1.807, 2.05) is 24.3 Å². The zero-order valence-electron chi connectivity index (χ0n) is 18.0. The lowest BCUT2D eigenvalue weighted by Gasteiger charge is -2.26. The molecule has 0 aromatic heterocycles. The van der Waals surface area contributed by atoms with Crippen molar-refractivity contribution in [3.8, 4) is 0 Å². The van der Waals surface area contributed by atoms with E-state index in [2.05, 4.69) is 15.5 Å². The number of anilines is 1. The van der Waals surface area contributed by atoms with Crippen LogP contribution in [-0.4, -0.2) is 42.3 Å². The SMILES string of the molecule is O=C1CCC(c2cccc(NC(=O)CCCCCCCN3CCCCC3)c2)C(=O)N1. The average molecular weight is 414 g/mol. The van der Waals surface area contributed by atoms with Crippen LogP contribution in [0.1, 0.15) is 82.1 Å². The number of hydrogen-bond donors (Lipinski definition) is 2. The molecular formula is C24H35N3O3. The molecule has 0 saturated carbocycles. The van der Waals surface area contributed by atoms with Gasteiger partial charge in [0.2, 0.25) is 17.7 Å². The topological polar surface area (TPSA) is 78.5 Å². The Bertz CT molecular complexity index is 728. The summed E-state index contributed by atoms with van der Waals surface area (Å²) in [6.07, 6.45) is 11.2. The van der Waals surface area contributed by atoms with Gasteiger partial charge in [0, 0.05) is 18.5 Å². The molecule has 2 saturated heterocycles. The van der Waals surface area contributed by atoms with Crippen molar-refractivity contribution in [2.75, 3.05) is 25.0 Å². The largest absolute Gasteiger partial charge is 0.326 e. The molecule has 0 aliphatic carbocycles. The Balaban J connectivity index is 1.31. The number of amides is 3. The molecule has 0 spiro atoms. The molecule has 1 aromatic rings. The minimum Gasteiger partial charge on any atom is -0.326 e. The summed E-state index contributed by atoms with van der Waals surface area (Å²) in [6, 6.07) is 7.41. The Labute approximate surface area is 179 Å². The Kier molecular flexibility index (Phi) is 8.87. The highest BCUT2D eigenvalue weighted by molar-refractivity contribution is 6.01. The average Bonchev–Trinajstić information content (AvgIpc) is 2.74. The first-order chi connectivity index (χ1) is 14.6. The first-order valence-electron chi connectivity index (χ1n) is 11.6. The molecule has 0 bridgehead atoms. The van der Waals surface area contributed by atoms with Gasteiger partial charge in [0.15, 0.2) is 0 Å². The zero-order chi connectivity index (χ0) is 21.2. The van der Waals surface area contributed by atoms with E-state index in [1.54, 1.807) is 0 Å². The smallest absolute Gasteiger partial charge is 0.234 e. The van der Waals surface area contributed by atoms with Crippen LogP contribution in [0.15, 0.2) is 24.3 Å². The molecule has 0 radical (unpaired) electrons. The molecule has 2 heterocycles. The third kappa shape index (κ3) is 7.24. The van der Waals surface area contributed by atoms with Crippen molar-refractivity contribution in [2.24, 2.45) is 0 Å². The van der Waals surface area contributed by atoms with Crippen molar-refractivity contribution in [1.29, 1.82) is 0 Å². The van der Waals surface area contributed by atoms with Gasteiger partial charge in [-0.2, -0.15) is 0 Å². The Hall–Kier alpha value is -2.21. The number of hydrogen-bond acceptors (Lipinski definition) is 4. The third-order valence-electron chi connectivity index (χ3n) is 6.14. The van der Waals surface area contributed by atoms with Gasteiger partial charge in [-0.25, -0.2) is 0 Å². The van der Waals surface area contributed by atoms with E-state index in [-0.39, 0.29) is 23.6 Å². The Morgan fingerprint density at radius 1 is 1.03 bits per heavy atom. The molecule has 3 rings (SSSR count). The molecule has 1 atom stereocenters. The van der Waals surface area contributed by atoms with E-state index in [4.69, 9.17) is 0 Å². The molecule has 2 N–H and O–H groups in total. The van der Waals surface area contributed by atoms with Crippen molar-refractivity contribution in [3.05, 3.63) is 29.8 Å². The number of rotatable bonds is 10. The molecule has 6 nitrogen and oxygen atoms in total. The first-order valence-corrected chi connectivity index (χ1v) is 11.6. The fourth-order valence-electron chi connectivity index (χ4n) is 4.40. The maximum absolute atomic E-state index is 12.3.